The molecular weight excluding hydrogens is 515 g/mol. The molecule has 1 aromatic carbocycles. The van der Waals surface area contributed by atoms with Crippen LogP contribution >= 0.6 is 0 Å². The van der Waals surface area contributed by atoms with Gasteiger partial charge in [0.15, 0.2) is 5.69 Å². The summed E-state index contributed by atoms with van der Waals surface area (Å²) in [7, 11) is 1.33. The van der Waals surface area contributed by atoms with Crippen LogP contribution in [0, 0.1) is 0 Å². The maximum Gasteiger partial charge on any atom is 0.573 e. The zero-order valence-electron chi connectivity index (χ0n) is 21.3. The van der Waals surface area contributed by atoms with Crippen molar-refractivity contribution < 1.29 is 36.7 Å². The largest absolute Gasteiger partial charge is 0.573 e. The molecule has 0 unspecified atom stereocenters. The van der Waals surface area contributed by atoms with Gasteiger partial charge in [0, 0.05) is 29.1 Å². The first-order valence-corrected chi connectivity index (χ1v) is 13.1. The molecule has 2 aliphatic heterocycles. The number of hydrogen-bond donors (Lipinski definition) is 0. The fourth-order valence-corrected chi connectivity index (χ4v) is 5.84. The van der Waals surface area contributed by atoms with Crippen LogP contribution in [-0.2, 0) is 16.1 Å². The van der Waals surface area contributed by atoms with Crippen LogP contribution in [0.1, 0.15) is 66.3 Å². The third kappa shape index (κ3) is 5.32. The number of piperidine rings is 1. The molecule has 4 heterocycles. The van der Waals surface area contributed by atoms with E-state index in [9.17, 15) is 18.0 Å². The van der Waals surface area contributed by atoms with Crippen molar-refractivity contribution in [1.82, 2.24) is 10.1 Å². The molecule has 3 aromatic rings. The topological polar surface area (TPSA) is 86.9 Å². The fourth-order valence-electron chi connectivity index (χ4n) is 5.84. The molecule has 0 radical (unpaired) electrons. The van der Waals surface area contributed by atoms with E-state index in [4.69, 9.17) is 14.0 Å². The second-order valence-corrected chi connectivity index (χ2v) is 10.3. The standard InChI is InChI=1S/C28H28F3N3O5/c1-36-27(35)22-6-4-8-24(32-22)34-17-11-12-18(34)14-19(13-17)37-15-21-25(33-39-26(21)16-9-10-16)20-5-2-3-7-23(20)38-28(29,30)31/h2-8,16-19H,9-15H2,1H3/t17-,18+,19+. The SMILES string of the molecule is COC(=O)c1cccc(N2[C@@H]3CC[C@H]2C[C@@H](OCc2c(-c4ccccc4OC(F)(F)F)noc2C2CC2)C3)n1. The number of pyridine rings is 1. The van der Waals surface area contributed by atoms with Crippen molar-refractivity contribution in [2.75, 3.05) is 12.0 Å². The first-order valence-electron chi connectivity index (χ1n) is 13.1. The van der Waals surface area contributed by atoms with E-state index in [0.29, 0.717) is 17.0 Å². The third-order valence-corrected chi connectivity index (χ3v) is 7.68. The van der Waals surface area contributed by atoms with Crippen molar-refractivity contribution >= 4 is 11.8 Å². The molecular formula is C28H28F3N3O5. The van der Waals surface area contributed by atoms with Crippen molar-refractivity contribution in [3.63, 3.8) is 0 Å². The number of nitrogens with zero attached hydrogens (tertiary/aromatic N) is 3. The number of benzene rings is 1. The van der Waals surface area contributed by atoms with Crippen molar-refractivity contribution in [2.45, 2.75) is 75.6 Å². The Hall–Kier alpha value is -3.60. The predicted molar refractivity (Wildman–Crippen MR) is 133 cm³/mol. The number of anilines is 1. The molecule has 6 rings (SSSR count). The zero-order valence-corrected chi connectivity index (χ0v) is 21.3. The summed E-state index contributed by atoms with van der Waals surface area (Å²) in [5.41, 5.74) is 1.49. The molecule has 3 aliphatic rings. The third-order valence-electron chi connectivity index (χ3n) is 7.68. The van der Waals surface area contributed by atoms with Crippen LogP contribution in [-0.4, -0.2) is 47.8 Å². The monoisotopic (exact) mass is 543 g/mol. The average molecular weight is 544 g/mol. The van der Waals surface area contributed by atoms with Crippen molar-refractivity contribution in [1.29, 1.82) is 0 Å². The van der Waals surface area contributed by atoms with Gasteiger partial charge in [-0.2, -0.15) is 0 Å². The maximum absolute atomic E-state index is 13.1. The lowest BCUT2D eigenvalue weighted by Crippen LogP contribution is -2.46. The Morgan fingerprint density at radius 2 is 1.79 bits per heavy atom. The van der Waals surface area contributed by atoms with Crippen LogP contribution < -0.4 is 9.64 Å². The predicted octanol–water partition coefficient (Wildman–Crippen LogP) is 6.02. The van der Waals surface area contributed by atoms with Gasteiger partial charge >= 0.3 is 12.3 Å². The van der Waals surface area contributed by atoms with E-state index in [1.54, 1.807) is 18.2 Å². The summed E-state index contributed by atoms with van der Waals surface area (Å²) in [6.45, 7) is 0.186. The lowest BCUT2D eigenvalue weighted by molar-refractivity contribution is -0.274. The van der Waals surface area contributed by atoms with E-state index in [0.717, 1.165) is 44.3 Å². The molecule has 0 amide bonds. The van der Waals surface area contributed by atoms with E-state index in [1.807, 2.05) is 12.1 Å². The number of carbonyl (C=O) groups excluding carboxylic acids is 1. The van der Waals surface area contributed by atoms with Crippen LogP contribution in [0.15, 0.2) is 47.0 Å². The first kappa shape index (κ1) is 25.7. The van der Waals surface area contributed by atoms with Crippen LogP contribution in [0.3, 0.4) is 0 Å². The number of fused-ring (bicyclic) bond motifs is 2. The number of rotatable bonds is 8. The highest BCUT2D eigenvalue weighted by molar-refractivity contribution is 5.87. The van der Waals surface area contributed by atoms with Gasteiger partial charge in [-0.15, -0.1) is 13.2 Å². The molecule has 39 heavy (non-hydrogen) atoms. The zero-order chi connectivity index (χ0) is 27.1. The van der Waals surface area contributed by atoms with Gasteiger partial charge in [0.25, 0.3) is 0 Å². The number of alkyl halides is 3. The molecule has 206 valence electrons. The smallest absolute Gasteiger partial charge is 0.464 e. The quantitative estimate of drug-likeness (QED) is 0.319. The number of halogens is 3. The van der Waals surface area contributed by atoms with Crippen LogP contribution in [0.25, 0.3) is 11.3 Å². The number of hydrogen-bond acceptors (Lipinski definition) is 8. The summed E-state index contributed by atoms with van der Waals surface area (Å²) < 4.78 is 60.3. The second kappa shape index (κ2) is 10.2. The number of aromatic nitrogens is 2. The Morgan fingerprint density at radius 3 is 2.49 bits per heavy atom. The lowest BCUT2D eigenvalue weighted by Gasteiger charge is -2.39. The van der Waals surface area contributed by atoms with E-state index >= 15 is 0 Å². The molecule has 1 aliphatic carbocycles. The van der Waals surface area contributed by atoms with Crippen molar-refractivity contribution in [2.24, 2.45) is 0 Å². The molecule has 3 atom stereocenters. The molecule has 1 saturated carbocycles. The van der Waals surface area contributed by atoms with Gasteiger partial charge in [0.1, 0.15) is 23.0 Å². The lowest BCUT2D eigenvalue weighted by atomic mass is 9.99. The Labute approximate surface area is 223 Å². The number of ether oxygens (including phenoxy) is 3. The highest BCUT2D eigenvalue weighted by atomic mass is 19.4. The fraction of sp³-hybridized carbons (Fsp3) is 0.464. The molecule has 0 spiro atoms. The van der Waals surface area contributed by atoms with Gasteiger partial charge in [0.2, 0.25) is 0 Å². The van der Waals surface area contributed by atoms with Crippen LogP contribution in [0.4, 0.5) is 19.0 Å². The number of para-hydroxylation sites is 1. The van der Waals surface area contributed by atoms with Gasteiger partial charge in [-0.1, -0.05) is 23.4 Å². The van der Waals surface area contributed by atoms with Gasteiger partial charge in [0.05, 0.1) is 19.8 Å². The van der Waals surface area contributed by atoms with Crippen molar-refractivity contribution in [3.8, 4) is 17.0 Å². The number of esters is 1. The molecule has 2 bridgehead atoms. The summed E-state index contributed by atoms with van der Waals surface area (Å²) in [6, 6.07) is 11.7. The summed E-state index contributed by atoms with van der Waals surface area (Å²) in [4.78, 5) is 18.8. The van der Waals surface area contributed by atoms with Crippen molar-refractivity contribution in [3.05, 3.63) is 59.5 Å². The Bertz CT molecular complexity index is 1340. The molecule has 11 heteroatoms. The van der Waals surface area contributed by atoms with Gasteiger partial charge < -0.3 is 23.6 Å². The minimum Gasteiger partial charge on any atom is -0.464 e. The van der Waals surface area contributed by atoms with Gasteiger partial charge in [-0.25, -0.2) is 9.78 Å². The Morgan fingerprint density at radius 1 is 1.05 bits per heavy atom. The molecule has 2 aromatic heterocycles. The van der Waals surface area contributed by atoms with Crippen LogP contribution in [0.2, 0.25) is 0 Å². The number of carbonyl (C=O) groups is 1. The van der Waals surface area contributed by atoms with Crippen LogP contribution in [0.5, 0.6) is 5.75 Å². The van der Waals surface area contributed by atoms with E-state index in [-0.39, 0.29) is 47.7 Å². The molecule has 8 nitrogen and oxygen atoms in total. The van der Waals surface area contributed by atoms with E-state index < -0.39 is 12.3 Å². The Balaban J connectivity index is 1.20. The van der Waals surface area contributed by atoms with E-state index in [1.165, 1.54) is 19.2 Å². The molecule has 0 N–H and O–H groups in total. The molecule has 3 fully saturated rings. The van der Waals surface area contributed by atoms with Gasteiger partial charge in [-0.3, -0.25) is 0 Å². The number of methoxy groups -OCH3 is 1. The highest BCUT2D eigenvalue weighted by Crippen LogP contribution is 2.46. The minimum absolute atomic E-state index is 0.0426. The summed E-state index contributed by atoms with van der Waals surface area (Å²) in [6.07, 6.45) is 0.547. The second-order valence-electron chi connectivity index (χ2n) is 10.3. The summed E-state index contributed by atoms with van der Waals surface area (Å²) in [5, 5.41) is 4.17. The van der Waals surface area contributed by atoms with E-state index in [2.05, 4.69) is 19.8 Å². The summed E-state index contributed by atoms with van der Waals surface area (Å²) >= 11 is 0. The summed E-state index contributed by atoms with van der Waals surface area (Å²) in [5.74, 6) is 0.834. The average Bonchev–Trinajstić information content (AvgIpc) is 3.62. The van der Waals surface area contributed by atoms with Gasteiger partial charge in [-0.05, 0) is 62.8 Å². The highest BCUT2D eigenvalue weighted by Gasteiger charge is 2.42. The maximum atomic E-state index is 13.1. The Kier molecular flexibility index (Phi) is 6.70. The first-order chi connectivity index (χ1) is 18.8. The normalized spacial score (nSPS) is 22.7. The molecule has 2 saturated heterocycles. The minimum atomic E-state index is -4.83.